The number of hydrogen-bond donors (Lipinski definition) is 1. The molecule has 0 spiro atoms. The largest absolute Gasteiger partial charge is 0.480 e. The van der Waals surface area contributed by atoms with Gasteiger partial charge in [0.25, 0.3) is 0 Å². The zero-order chi connectivity index (χ0) is 14.3. The highest BCUT2D eigenvalue weighted by Gasteiger charge is 2.47. The standard InChI is InChI=1S/C14H24N2O3/c1-13(2)6-4-8-15(10-13)12(19)16-9-5-7-14(16,3)11(17)18/h4-10H2,1-3H3,(H,17,18). The predicted molar refractivity (Wildman–Crippen MR) is 72.0 cm³/mol. The van der Waals surface area contributed by atoms with E-state index in [4.69, 9.17) is 0 Å². The molecular formula is C14H24N2O3. The molecule has 2 rings (SSSR count). The molecule has 2 saturated heterocycles. The van der Waals surface area contributed by atoms with Crippen molar-refractivity contribution in [1.82, 2.24) is 9.80 Å². The molecule has 19 heavy (non-hydrogen) atoms. The number of hydrogen-bond acceptors (Lipinski definition) is 2. The zero-order valence-electron chi connectivity index (χ0n) is 12.1. The van der Waals surface area contributed by atoms with Crippen LogP contribution in [0.5, 0.6) is 0 Å². The lowest BCUT2D eigenvalue weighted by atomic mass is 9.84. The molecule has 2 aliphatic rings. The van der Waals surface area contributed by atoms with Crippen LogP contribution in [0.15, 0.2) is 0 Å². The molecule has 0 bridgehead atoms. The van der Waals surface area contributed by atoms with Gasteiger partial charge in [-0.3, -0.25) is 0 Å². The second-order valence-corrected chi connectivity index (χ2v) is 6.81. The number of likely N-dealkylation sites (tertiary alicyclic amines) is 2. The lowest BCUT2D eigenvalue weighted by Gasteiger charge is -2.42. The van der Waals surface area contributed by atoms with E-state index < -0.39 is 11.5 Å². The Morgan fingerprint density at radius 3 is 2.26 bits per heavy atom. The Morgan fingerprint density at radius 2 is 1.68 bits per heavy atom. The second kappa shape index (κ2) is 4.69. The average Bonchev–Trinajstić information content (AvgIpc) is 2.70. The van der Waals surface area contributed by atoms with E-state index >= 15 is 0 Å². The summed E-state index contributed by atoms with van der Waals surface area (Å²) in [5.41, 5.74) is -0.897. The third kappa shape index (κ3) is 2.55. The number of aliphatic carboxylic acids is 1. The van der Waals surface area contributed by atoms with Crippen molar-refractivity contribution in [2.24, 2.45) is 5.41 Å². The number of urea groups is 1. The van der Waals surface area contributed by atoms with E-state index in [9.17, 15) is 14.7 Å². The molecule has 2 fully saturated rings. The van der Waals surface area contributed by atoms with Gasteiger partial charge >= 0.3 is 12.0 Å². The van der Waals surface area contributed by atoms with Crippen LogP contribution in [0.1, 0.15) is 46.5 Å². The van der Waals surface area contributed by atoms with Crippen LogP contribution in [-0.2, 0) is 4.79 Å². The molecule has 1 N–H and O–H groups in total. The van der Waals surface area contributed by atoms with Crippen LogP contribution in [0.2, 0.25) is 0 Å². The molecule has 2 amide bonds. The number of rotatable bonds is 1. The number of carboxylic acids is 1. The molecule has 1 atom stereocenters. The molecule has 0 aromatic rings. The van der Waals surface area contributed by atoms with Crippen LogP contribution in [0.4, 0.5) is 4.79 Å². The van der Waals surface area contributed by atoms with Crippen LogP contribution < -0.4 is 0 Å². The summed E-state index contributed by atoms with van der Waals surface area (Å²) in [4.78, 5) is 27.4. The van der Waals surface area contributed by atoms with Gasteiger partial charge < -0.3 is 14.9 Å². The third-order valence-corrected chi connectivity index (χ3v) is 4.50. The number of carboxylic acid groups (broad SMARTS) is 1. The van der Waals surface area contributed by atoms with Crippen molar-refractivity contribution in [3.05, 3.63) is 0 Å². The van der Waals surface area contributed by atoms with Gasteiger partial charge in [0.2, 0.25) is 0 Å². The maximum atomic E-state index is 12.6. The summed E-state index contributed by atoms with van der Waals surface area (Å²) >= 11 is 0. The van der Waals surface area contributed by atoms with Crippen molar-refractivity contribution in [2.45, 2.75) is 52.0 Å². The Balaban J connectivity index is 2.13. The van der Waals surface area contributed by atoms with Crippen LogP contribution in [0.3, 0.4) is 0 Å². The first-order chi connectivity index (χ1) is 8.76. The van der Waals surface area contributed by atoms with Crippen molar-refractivity contribution >= 4 is 12.0 Å². The summed E-state index contributed by atoms with van der Waals surface area (Å²) in [6.45, 7) is 8.00. The van der Waals surface area contributed by atoms with Gasteiger partial charge in [-0.2, -0.15) is 0 Å². The van der Waals surface area contributed by atoms with Gasteiger partial charge in [0.05, 0.1) is 0 Å². The molecule has 0 aromatic heterocycles. The first-order valence-electron chi connectivity index (χ1n) is 7.06. The van der Waals surface area contributed by atoms with Gasteiger partial charge in [-0.25, -0.2) is 9.59 Å². The first kappa shape index (κ1) is 14.2. The molecule has 2 heterocycles. The van der Waals surface area contributed by atoms with Gasteiger partial charge in [0.1, 0.15) is 5.54 Å². The molecule has 1 unspecified atom stereocenters. The highest BCUT2D eigenvalue weighted by Crippen LogP contribution is 2.33. The monoisotopic (exact) mass is 268 g/mol. The van der Waals surface area contributed by atoms with Crippen molar-refractivity contribution in [1.29, 1.82) is 0 Å². The van der Waals surface area contributed by atoms with Crippen LogP contribution >= 0.6 is 0 Å². The summed E-state index contributed by atoms with van der Waals surface area (Å²) < 4.78 is 0. The second-order valence-electron chi connectivity index (χ2n) is 6.81. The van der Waals surface area contributed by atoms with Gasteiger partial charge in [-0.15, -0.1) is 0 Å². The molecule has 0 aliphatic carbocycles. The van der Waals surface area contributed by atoms with Gasteiger partial charge in [-0.05, 0) is 38.0 Å². The summed E-state index contributed by atoms with van der Waals surface area (Å²) in [6, 6.07) is -0.102. The summed E-state index contributed by atoms with van der Waals surface area (Å²) in [5, 5.41) is 9.38. The SMILES string of the molecule is CC1(C)CCCN(C(=O)N2CCCC2(C)C(=O)O)C1. The van der Waals surface area contributed by atoms with Crippen molar-refractivity contribution in [2.75, 3.05) is 19.6 Å². The number of carbonyl (C=O) groups is 2. The topological polar surface area (TPSA) is 60.9 Å². The Hall–Kier alpha value is -1.26. The van der Waals surface area contributed by atoms with Crippen LogP contribution in [0.25, 0.3) is 0 Å². The first-order valence-corrected chi connectivity index (χ1v) is 7.06. The fourth-order valence-corrected chi connectivity index (χ4v) is 3.25. The summed E-state index contributed by atoms with van der Waals surface area (Å²) in [6.07, 6.45) is 3.43. The quantitative estimate of drug-likeness (QED) is 0.792. The Morgan fingerprint density at radius 1 is 1.05 bits per heavy atom. The van der Waals surface area contributed by atoms with Crippen molar-refractivity contribution < 1.29 is 14.7 Å². The smallest absolute Gasteiger partial charge is 0.329 e. The van der Waals surface area contributed by atoms with E-state index in [-0.39, 0.29) is 11.4 Å². The number of nitrogens with zero attached hydrogens (tertiary/aromatic N) is 2. The molecule has 5 heteroatoms. The maximum absolute atomic E-state index is 12.6. The third-order valence-electron chi connectivity index (χ3n) is 4.50. The highest BCUT2D eigenvalue weighted by atomic mass is 16.4. The lowest BCUT2D eigenvalue weighted by Crippen LogP contribution is -2.57. The van der Waals surface area contributed by atoms with E-state index in [1.54, 1.807) is 11.8 Å². The maximum Gasteiger partial charge on any atom is 0.329 e. The average molecular weight is 268 g/mol. The van der Waals surface area contributed by atoms with Crippen LogP contribution in [-0.4, -0.2) is 52.1 Å². The number of piperidine rings is 1. The molecule has 108 valence electrons. The molecular weight excluding hydrogens is 244 g/mol. The highest BCUT2D eigenvalue weighted by molar-refractivity contribution is 5.86. The van der Waals surface area contributed by atoms with E-state index in [0.717, 1.165) is 32.4 Å². The minimum atomic E-state index is -1.03. The van der Waals surface area contributed by atoms with E-state index in [0.29, 0.717) is 13.0 Å². The summed E-state index contributed by atoms with van der Waals surface area (Å²) in [7, 11) is 0. The molecule has 2 aliphatic heterocycles. The Bertz CT molecular complexity index is 394. The van der Waals surface area contributed by atoms with Gasteiger partial charge in [0.15, 0.2) is 0 Å². The zero-order valence-corrected chi connectivity index (χ0v) is 12.1. The number of carbonyl (C=O) groups excluding carboxylic acids is 1. The predicted octanol–water partition coefficient (Wildman–Crippen LogP) is 2.17. The normalized spacial score (nSPS) is 30.5. The fourth-order valence-electron chi connectivity index (χ4n) is 3.25. The molecule has 0 radical (unpaired) electrons. The van der Waals surface area contributed by atoms with E-state index in [1.807, 2.05) is 4.90 Å². The minimum Gasteiger partial charge on any atom is -0.480 e. The Kier molecular flexibility index (Phi) is 3.49. The van der Waals surface area contributed by atoms with E-state index in [1.165, 1.54) is 0 Å². The lowest BCUT2D eigenvalue weighted by molar-refractivity contribution is -0.147. The van der Waals surface area contributed by atoms with Gasteiger partial charge in [0, 0.05) is 19.6 Å². The van der Waals surface area contributed by atoms with Crippen LogP contribution in [0, 0.1) is 5.41 Å². The van der Waals surface area contributed by atoms with Crippen molar-refractivity contribution in [3.8, 4) is 0 Å². The van der Waals surface area contributed by atoms with E-state index in [2.05, 4.69) is 13.8 Å². The Labute approximate surface area is 114 Å². The number of amides is 2. The minimum absolute atomic E-state index is 0.102. The summed E-state index contributed by atoms with van der Waals surface area (Å²) in [5.74, 6) is -0.894. The van der Waals surface area contributed by atoms with Gasteiger partial charge in [-0.1, -0.05) is 13.8 Å². The molecule has 0 aromatic carbocycles. The molecule has 5 nitrogen and oxygen atoms in total. The molecule has 0 saturated carbocycles. The fraction of sp³-hybridized carbons (Fsp3) is 0.857. The van der Waals surface area contributed by atoms with Crippen molar-refractivity contribution in [3.63, 3.8) is 0 Å².